The highest BCUT2D eigenvalue weighted by atomic mass is 127. The Labute approximate surface area is 224 Å². The molecule has 35 heavy (non-hydrogen) atoms. The molecular formula is C29H29IN2O2S. The van der Waals surface area contributed by atoms with Crippen LogP contribution in [-0.2, 0) is 11.3 Å². The maximum atomic E-state index is 13.1. The molecule has 2 fully saturated rings. The minimum atomic E-state index is -0.222. The number of rotatable bonds is 5. The van der Waals surface area contributed by atoms with Crippen molar-refractivity contribution in [1.29, 1.82) is 0 Å². The van der Waals surface area contributed by atoms with E-state index in [-0.39, 0.29) is 11.1 Å². The third-order valence-electron chi connectivity index (χ3n) is 7.11. The highest BCUT2D eigenvalue weighted by Gasteiger charge is 2.35. The van der Waals surface area contributed by atoms with Gasteiger partial charge in [-0.2, -0.15) is 0 Å². The molecule has 1 saturated carbocycles. The third kappa shape index (κ3) is 5.14. The Morgan fingerprint density at radius 2 is 1.66 bits per heavy atom. The Morgan fingerprint density at radius 3 is 2.34 bits per heavy atom. The van der Waals surface area contributed by atoms with Crippen molar-refractivity contribution in [2.45, 2.75) is 58.4 Å². The summed E-state index contributed by atoms with van der Waals surface area (Å²) in [5.74, 6) is 0.468. The van der Waals surface area contributed by atoms with E-state index in [1.54, 1.807) is 0 Å². The quantitative estimate of drug-likeness (QED) is 0.222. The monoisotopic (exact) mass is 596 g/mol. The molecule has 2 aromatic carbocycles. The average molecular weight is 597 g/mol. The molecule has 1 aromatic heterocycles. The van der Waals surface area contributed by atoms with E-state index in [9.17, 15) is 9.59 Å². The SMILES string of the molecule is Cc1cc(/C=C2\SC(=O)N(Cc3ccc(I)cc3)C2=O)c(C)n1-c1ccc(C2CCCCC2)cc1. The molecule has 2 aliphatic rings. The Balaban J connectivity index is 1.36. The van der Waals surface area contributed by atoms with Crippen LogP contribution in [0.5, 0.6) is 0 Å². The molecule has 0 bridgehead atoms. The first-order valence-electron chi connectivity index (χ1n) is 12.2. The van der Waals surface area contributed by atoms with E-state index in [1.807, 2.05) is 30.3 Å². The van der Waals surface area contributed by atoms with Crippen LogP contribution < -0.4 is 0 Å². The molecule has 180 valence electrons. The number of nitrogens with zero attached hydrogens (tertiary/aromatic N) is 2. The van der Waals surface area contributed by atoms with Crippen molar-refractivity contribution in [3.05, 3.63) is 91.2 Å². The molecular weight excluding hydrogens is 567 g/mol. The lowest BCUT2D eigenvalue weighted by atomic mass is 9.84. The Kier molecular flexibility index (Phi) is 7.21. The van der Waals surface area contributed by atoms with E-state index in [4.69, 9.17) is 0 Å². The number of halogens is 1. The molecule has 1 aliphatic heterocycles. The van der Waals surface area contributed by atoms with E-state index in [0.29, 0.717) is 17.4 Å². The van der Waals surface area contributed by atoms with Crippen molar-refractivity contribution in [3.63, 3.8) is 0 Å². The van der Waals surface area contributed by atoms with Gasteiger partial charge in [-0.3, -0.25) is 14.5 Å². The first-order chi connectivity index (χ1) is 16.9. The maximum absolute atomic E-state index is 13.1. The summed E-state index contributed by atoms with van der Waals surface area (Å²) in [5.41, 5.74) is 6.67. The van der Waals surface area contributed by atoms with Crippen LogP contribution in [0.15, 0.2) is 59.5 Å². The van der Waals surface area contributed by atoms with E-state index >= 15 is 0 Å². The number of hydrogen-bond donors (Lipinski definition) is 0. The number of carbonyl (C=O) groups is 2. The van der Waals surface area contributed by atoms with Gasteiger partial charge in [0.15, 0.2) is 0 Å². The van der Waals surface area contributed by atoms with Gasteiger partial charge in [0.25, 0.3) is 11.1 Å². The zero-order valence-electron chi connectivity index (χ0n) is 20.1. The summed E-state index contributed by atoms with van der Waals surface area (Å²) in [5, 5.41) is -0.216. The zero-order chi connectivity index (χ0) is 24.5. The van der Waals surface area contributed by atoms with Gasteiger partial charge >= 0.3 is 0 Å². The molecule has 0 atom stereocenters. The van der Waals surface area contributed by atoms with E-state index in [2.05, 4.69) is 71.3 Å². The molecule has 1 saturated heterocycles. The van der Waals surface area contributed by atoms with Gasteiger partial charge in [-0.15, -0.1) is 0 Å². The number of hydrogen-bond acceptors (Lipinski definition) is 3. The minimum absolute atomic E-state index is 0.216. The van der Waals surface area contributed by atoms with Gasteiger partial charge in [-0.25, -0.2) is 0 Å². The van der Waals surface area contributed by atoms with Gasteiger partial charge in [0.2, 0.25) is 0 Å². The largest absolute Gasteiger partial charge is 0.318 e. The maximum Gasteiger partial charge on any atom is 0.293 e. The van der Waals surface area contributed by atoms with Gasteiger partial charge in [0.05, 0.1) is 11.4 Å². The van der Waals surface area contributed by atoms with E-state index < -0.39 is 0 Å². The standard InChI is InChI=1S/C29H29IN2O2S/c1-19-16-24(17-27-28(33)31(29(34)35-27)18-21-8-12-25(30)13-9-21)20(2)32(19)26-14-10-23(11-15-26)22-6-4-3-5-7-22/h8-17,22H,3-7,18H2,1-2H3/b27-17-. The third-order valence-corrected chi connectivity index (χ3v) is 8.74. The van der Waals surface area contributed by atoms with Crippen LogP contribution in [-0.4, -0.2) is 20.6 Å². The smallest absolute Gasteiger partial charge is 0.293 e. The topological polar surface area (TPSA) is 42.3 Å². The average Bonchev–Trinajstić information content (AvgIpc) is 3.30. The van der Waals surface area contributed by atoms with Gasteiger partial charge in [-0.05, 0) is 120 Å². The van der Waals surface area contributed by atoms with Crippen molar-refractivity contribution in [2.24, 2.45) is 0 Å². The van der Waals surface area contributed by atoms with Crippen LogP contribution in [0.25, 0.3) is 11.8 Å². The van der Waals surface area contributed by atoms with Crippen LogP contribution >= 0.6 is 34.4 Å². The summed E-state index contributed by atoms with van der Waals surface area (Å²) in [7, 11) is 0. The second-order valence-electron chi connectivity index (χ2n) is 9.48. The fourth-order valence-electron chi connectivity index (χ4n) is 5.21. The van der Waals surface area contributed by atoms with Gasteiger partial charge in [-0.1, -0.05) is 43.5 Å². The van der Waals surface area contributed by atoms with Crippen molar-refractivity contribution in [1.82, 2.24) is 9.47 Å². The van der Waals surface area contributed by atoms with Gasteiger partial charge < -0.3 is 4.57 Å². The lowest BCUT2D eigenvalue weighted by Crippen LogP contribution is -2.27. The fraction of sp³-hybridized carbons (Fsp3) is 0.310. The summed E-state index contributed by atoms with van der Waals surface area (Å²) in [6.07, 6.45) is 8.50. The highest BCUT2D eigenvalue weighted by molar-refractivity contribution is 14.1. The number of amides is 2. The number of imide groups is 1. The van der Waals surface area contributed by atoms with Crippen LogP contribution in [0.4, 0.5) is 4.79 Å². The molecule has 2 amide bonds. The second kappa shape index (κ2) is 10.3. The Morgan fingerprint density at radius 1 is 0.971 bits per heavy atom. The highest BCUT2D eigenvalue weighted by Crippen LogP contribution is 2.36. The van der Waals surface area contributed by atoms with Crippen molar-refractivity contribution >= 4 is 51.6 Å². The minimum Gasteiger partial charge on any atom is -0.318 e. The van der Waals surface area contributed by atoms with Crippen LogP contribution in [0.1, 0.15) is 66.1 Å². The molecule has 0 radical (unpaired) electrons. The van der Waals surface area contributed by atoms with Crippen LogP contribution in [0.2, 0.25) is 0 Å². The van der Waals surface area contributed by atoms with Crippen molar-refractivity contribution in [3.8, 4) is 5.69 Å². The van der Waals surface area contributed by atoms with Crippen LogP contribution in [0, 0.1) is 17.4 Å². The predicted octanol–water partition coefficient (Wildman–Crippen LogP) is 7.98. The second-order valence-corrected chi connectivity index (χ2v) is 11.7. The molecule has 1 aliphatic carbocycles. The molecule has 0 spiro atoms. The van der Waals surface area contributed by atoms with Crippen molar-refractivity contribution < 1.29 is 9.59 Å². The Hall–Kier alpha value is -2.32. The predicted molar refractivity (Wildman–Crippen MR) is 152 cm³/mol. The summed E-state index contributed by atoms with van der Waals surface area (Å²) in [6, 6.07) is 19.0. The number of aromatic nitrogens is 1. The molecule has 5 rings (SSSR count). The number of carbonyl (C=O) groups excluding carboxylic acids is 2. The lowest BCUT2D eigenvalue weighted by Gasteiger charge is -2.22. The summed E-state index contributed by atoms with van der Waals surface area (Å²) < 4.78 is 3.35. The zero-order valence-corrected chi connectivity index (χ0v) is 23.1. The van der Waals surface area contributed by atoms with Gasteiger partial charge in [0, 0.05) is 20.6 Å². The molecule has 0 N–H and O–H groups in total. The number of benzene rings is 2. The molecule has 0 unspecified atom stereocenters. The van der Waals surface area contributed by atoms with Gasteiger partial charge in [0.1, 0.15) is 0 Å². The molecule has 3 aromatic rings. The van der Waals surface area contributed by atoms with Crippen LogP contribution in [0.3, 0.4) is 0 Å². The van der Waals surface area contributed by atoms with E-state index in [1.165, 1.54) is 42.6 Å². The number of aryl methyl sites for hydroxylation is 1. The molecule has 6 heteroatoms. The summed E-state index contributed by atoms with van der Waals surface area (Å²) >= 11 is 3.27. The summed E-state index contributed by atoms with van der Waals surface area (Å²) in [4.78, 5) is 27.5. The fourth-order valence-corrected chi connectivity index (χ4v) is 6.40. The van der Waals surface area contributed by atoms with E-state index in [0.717, 1.165) is 43.5 Å². The summed E-state index contributed by atoms with van der Waals surface area (Å²) in [6.45, 7) is 4.46. The number of thioether (sulfide) groups is 1. The first-order valence-corrected chi connectivity index (χ1v) is 14.1. The Bertz CT molecular complexity index is 1290. The first kappa shape index (κ1) is 24.4. The van der Waals surface area contributed by atoms with Crippen molar-refractivity contribution in [2.75, 3.05) is 0 Å². The lowest BCUT2D eigenvalue weighted by molar-refractivity contribution is -0.123. The molecule has 4 nitrogen and oxygen atoms in total. The molecule has 2 heterocycles. The normalized spacial score (nSPS) is 18.1.